The van der Waals surface area contributed by atoms with Crippen LogP contribution in [0.25, 0.3) is 0 Å². The number of benzene rings is 1. The topological polar surface area (TPSA) is 0 Å². The molecule has 0 atom stereocenters. The summed E-state index contributed by atoms with van der Waals surface area (Å²) in [7, 11) is 0. The van der Waals surface area contributed by atoms with E-state index in [0.29, 0.717) is 0 Å². The number of hydrogen-bond acceptors (Lipinski definition) is 0. The van der Waals surface area contributed by atoms with Crippen molar-refractivity contribution in [1.29, 1.82) is 0 Å². The van der Waals surface area contributed by atoms with Crippen LogP contribution in [0, 0.1) is 0 Å². The van der Waals surface area contributed by atoms with Gasteiger partial charge in [-0.05, 0) is 24.0 Å². The highest BCUT2D eigenvalue weighted by atomic mass is 14.0. The summed E-state index contributed by atoms with van der Waals surface area (Å²) in [5.41, 5.74) is 2.86. The molecule has 0 saturated carbocycles. The molecule has 0 heterocycles. The van der Waals surface area contributed by atoms with Gasteiger partial charge in [-0.15, -0.1) is 0 Å². The molecule has 0 fully saturated rings. The minimum absolute atomic E-state index is 1.14. The van der Waals surface area contributed by atoms with Crippen molar-refractivity contribution < 1.29 is 0 Å². The SMILES string of the molecule is CCCCCCCCCCCCCC.CCc1ccc(CC)cc1. The van der Waals surface area contributed by atoms with Gasteiger partial charge in [-0.3, -0.25) is 0 Å². The summed E-state index contributed by atoms with van der Waals surface area (Å²) in [5, 5.41) is 0. The molecule has 0 bridgehead atoms. The van der Waals surface area contributed by atoms with E-state index >= 15 is 0 Å². The van der Waals surface area contributed by atoms with Crippen molar-refractivity contribution in [3.8, 4) is 0 Å². The Balaban J connectivity index is 0.000000463. The third-order valence-electron chi connectivity index (χ3n) is 4.80. The molecular formula is C24H44. The van der Waals surface area contributed by atoms with Crippen LogP contribution < -0.4 is 0 Å². The van der Waals surface area contributed by atoms with Crippen molar-refractivity contribution in [2.75, 3.05) is 0 Å². The molecule has 0 aliphatic carbocycles. The molecule has 0 radical (unpaired) electrons. The fourth-order valence-electron chi connectivity index (χ4n) is 2.92. The van der Waals surface area contributed by atoms with Crippen molar-refractivity contribution in [2.24, 2.45) is 0 Å². The maximum absolute atomic E-state index is 2.29. The molecule has 0 aliphatic heterocycles. The average Bonchev–Trinajstić information content (AvgIpc) is 2.64. The maximum Gasteiger partial charge on any atom is -0.0307 e. The summed E-state index contributed by atoms with van der Waals surface area (Å²) in [6.07, 6.45) is 19.7. The second-order valence-corrected chi connectivity index (χ2v) is 7.06. The summed E-state index contributed by atoms with van der Waals surface area (Å²) in [4.78, 5) is 0. The van der Waals surface area contributed by atoms with E-state index in [-0.39, 0.29) is 0 Å². The summed E-state index contributed by atoms with van der Waals surface area (Å²) >= 11 is 0. The van der Waals surface area contributed by atoms with Crippen molar-refractivity contribution in [1.82, 2.24) is 0 Å². The van der Waals surface area contributed by atoms with E-state index in [1.54, 1.807) is 0 Å². The van der Waals surface area contributed by atoms with Crippen LogP contribution in [0.3, 0.4) is 0 Å². The van der Waals surface area contributed by atoms with E-state index in [0.717, 1.165) is 12.8 Å². The zero-order chi connectivity index (χ0) is 17.9. The first-order valence-electron chi connectivity index (χ1n) is 10.9. The van der Waals surface area contributed by atoms with Crippen molar-refractivity contribution in [3.63, 3.8) is 0 Å². The summed E-state index contributed by atoms with van der Waals surface area (Å²) in [5.74, 6) is 0. The van der Waals surface area contributed by atoms with Crippen molar-refractivity contribution >= 4 is 0 Å². The molecule has 0 spiro atoms. The van der Waals surface area contributed by atoms with Gasteiger partial charge >= 0.3 is 0 Å². The van der Waals surface area contributed by atoms with Crippen LogP contribution in [-0.4, -0.2) is 0 Å². The Morgan fingerprint density at radius 2 is 0.667 bits per heavy atom. The molecule has 0 saturated heterocycles. The van der Waals surface area contributed by atoms with E-state index in [2.05, 4.69) is 52.0 Å². The Kier molecular flexibility index (Phi) is 18.0. The first-order valence-corrected chi connectivity index (χ1v) is 10.9. The molecule has 0 unspecified atom stereocenters. The van der Waals surface area contributed by atoms with Crippen molar-refractivity contribution in [3.05, 3.63) is 35.4 Å². The molecule has 24 heavy (non-hydrogen) atoms. The van der Waals surface area contributed by atoms with Crippen LogP contribution in [0.2, 0.25) is 0 Å². The first-order chi connectivity index (χ1) is 11.8. The molecular weight excluding hydrogens is 288 g/mol. The summed E-state index contributed by atoms with van der Waals surface area (Å²) in [6.45, 7) is 8.93. The molecule has 1 aromatic carbocycles. The quantitative estimate of drug-likeness (QED) is 0.317. The largest absolute Gasteiger partial charge is 0.0654 e. The highest BCUT2D eigenvalue weighted by molar-refractivity contribution is 5.22. The molecule has 0 aromatic heterocycles. The van der Waals surface area contributed by atoms with E-state index in [1.165, 1.54) is 88.2 Å². The molecule has 140 valence electrons. The Bertz CT molecular complexity index is 301. The Morgan fingerprint density at radius 1 is 0.417 bits per heavy atom. The fraction of sp³-hybridized carbons (Fsp3) is 0.750. The van der Waals surface area contributed by atoms with Crippen LogP contribution >= 0.6 is 0 Å². The predicted octanol–water partition coefficient (Wildman–Crippen LogP) is 8.52. The summed E-state index contributed by atoms with van der Waals surface area (Å²) in [6, 6.07) is 8.83. The third kappa shape index (κ3) is 14.8. The lowest BCUT2D eigenvalue weighted by atomic mass is 10.1. The van der Waals surface area contributed by atoms with Crippen molar-refractivity contribution in [2.45, 2.75) is 118 Å². The monoisotopic (exact) mass is 332 g/mol. The Hall–Kier alpha value is -0.780. The van der Waals surface area contributed by atoms with Gasteiger partial charge in [0.1, 0.15) is 0 Å². The molecule has 0 N–H and O–H groups in total. The number of rotatable bonds is 13. The first kappa shape index (κ1) is 23.2. The standard InChI is InChI=1S/C14H30.C10H14/c1-3-5-7-9-11-13-14-12-10-8-6-4-2;1-3-9-5-7-10(4-2)8-6-9/h3-14H2,1-2H3;5-8H,3-4H2,1-2H3. The average molecular weight is 333 g/mol. The van der Waals surface area contributed by atoms with Gasteiger partial charge in [-0.2, -0.15) is 0 Å². The molecule has 0 aliphatic rings. The highest BCUT2D eigenvalue weighted by Gasteiger charge is 1.91. The molecule has 0 heteroatoms. The highest BCUT2D eigenvalue weighted by Crippen LogP contribution is 2.11. The lowest BCUT2D eigenvalue weighted by Crippen LogP contribution is -1.81. The van der Waals surface area contributed by atoms with Crippen LogP contribution in [0.15, 0.2) is 24.3 Å². The van der Waals surface area contributed by atoms with Gasteiger partial charge in [0.25, 0.3) is 0 Å². The third-order valence-corrected chi connectivity index (χ3v) is 4.80. The van der Waals surface area contributed by atoms with E-state index in [4.69, 9.17) is 0 Å². The van der Waals surface area contributed by atoms with E-state index < -0.39 is 0 Å². The summed E-state index contributed by atoms with van der Waals surface area (Å²) < 4.78 is 0. The van der Waals surface area contributed by atoms with Gasteiger partial charge in [-0.1, -0.05) is 129 Å². The van der Waals surface area contributed by atoms with E-state index in [9.17, 15) is 0 Å². The Labute approximate surface area is 153 Å². The lowest BCUT2D eigenvalue weighted by molar-refractivity contribution is 0.548. The van der Waals surface area contributed by atoms with Crippen LogP contribution in [0.4, 0.5) is 0 Å². The van der Waals surface area contributed by atoms with Gasteiger partial charge in [0.05, 0.1) is 0 Å². The van der Waals surface area contributed by atoms with Gasteiger partial charge in [0.15, 0.2) is 0 Å². The van der Waals surface area contributed by atoms with Crippen LogP contribution in [-0.2, 0) is 12.8 Å². The van der Waals surface area contributed by atoms with E-state index in [1.807, 2.05) is 0 Å². The number of hydrogen-bond donors (Lipinski definition) is 0. The minimum atomic E-state index is 1.14. The normalized spacial score (nSPS) is 10.3. The smallest absolute Gasteiger partial charge is 0.0307 e. The second-order valence-electron chi connectivity index (χ2n) is 7.06. The van der Waals surface area contributed by atoms with Gasteiger partial charge < -0.3 is 0 Å². The number of aryl methyl sites for hydroxylation is 2. The zero-order valence-corrected chi connectivity index (χ0v) is 17.2. The van der Waals surface area contributed by atoms with Crippen LogP contribution in [0.1, 0.15) is 116 Å². The van der Waals surface area contributed by atoms with Gasteiger partial charge in [-0.25, -0.2) is 0 Å². The van der Waals surface area contributed by atoms with Crippen LogP contribution in [0.5, 0.6) is 0 Å². The molecule has 0 nitrogen and oxygen atoms in total. The predicted molar refractivity (Wildman–Crippen MR) is 112 cm³/mol. The number of unbranched alkanes of at least 4 members (excludes halogenated alkanes) is 11. The van der Waals surface area contributed by atoms with Gasteiger partial charge in [0.2, 0.25) is 0 Å². The Morgan fingerprint density at radius 3 is 0.875 bits per heavy atom. The second kappa shape index (κ2) is 18.6. The zero-order valence-electron chi connectivity index (χ0n) is 17.2. The maximum atomic E-state index is 2.29. The fourth-order valence-corrected chi connectivity index (χ4v) is 2.92. The lowest BCUT2D eigenvalue weighted by Gasteiger charge is -2.01. The van der Waals surface area contributed by atoms with Gasteiger partial charge in [0, 0.05) is 0 Å². The molecule has 0 amide bonds. The molecule has 1 rings (SSSR count). The minimum Gasteiger partial charge on any atom is -0.0654 e. The molecule has 1 aromatic rings.